The molecule has 1 aromatic heterocycles. The van der Waals surface area contributed by atoms with Crippen molar-refractivity contribution in [2.24, 2.45) is 0 Å². The predicted octanol–water partition coefficient (Wildman–Crippen LogP) is 0.870. The Bertz CT molecular complexity index is 383. The molecule has 0 spiro atoms. The Morgan fingerprint density at radius 1 is 1.69 bits per heavy atom. The third-order valence-electron chi connectivity index (χ3n) is 1.41. The van der Waals surface area contributed by atoms with E-state index in [4.69, 9.17) is 10.00 Å². The van der Waals surface area contributed by atoms with E-state index in [1.54, 1.807) is 6.07 Å². The lowest BCUT2D eigenvalue weighted by Crippen LogP contribution is -1.97. The Kier molecular flexibility index (Phi) is 2.40. The van der Waals surface area contributed by atoms with Crippen LogP contribution >= 0.6 is 0 Å². The van der Waals surface area contributed by atoms with Gasteiger partial charge in [-0.15, -0.1) is 0 Å². The van der Waals surface area contributed by atoms with E-state index in [0.717, 1.165) is 6.20 Å². The largest absolute Gasteiger partial charge is 0.489 e. The van der Waals surface area contributed by atoms with Crippen molar-refractivity contribution >= 4 is 5.69 Å². The Labute approximate surface area is 73.5 Å². The van der Waals surface area contributed by atoms with Gasteiger partial charge in [0.1, 0.15) is 6.07 Å². The fourth-order valence-corrected chi connectivity index (χ4v) is 0.854. The smallest absolute Gasteiger partial charge is 0.331 e. The summed E-state index contributed by atoms with van der Waals surface area (Å²) in [6, 6.07) is 1.67. The first kappa shape index (κ1) is 8.93. The SMILES string of the molecule is COc1cncc(C#N)c1[N+](=O)[O-]. The van der Waals surface area contributed by atoms with Crippen molar-refractivity contribution in [3.05, 3.63) is 28.1 Å². The fourth-order valence-electron chi connectivity index (χ4n) is 0.854. The van der Waals surface area contributed by atoms with Gasteiger partial charge in [0.25, 0.3) is 0 Å². The lowest BCUT2D eigenvalue weighted by Gasteiger charge is -2.00. The molecule has 0 saturated heterocycles. The molecule has 0 atom stereocenters. The molecule has 6 nitrogen and oxygen atoms in total. The quantitative estimate of drug-likeness (QED) is 0.496. The van der Waals surface area contributed by atoms with E-state index in [9.17, 15) is 10.1 Å². The minimum atomic E-state index is -0.668. The molecule has 0 unspecified atom stereocenters. The average Bonchev–Trinajstić information content (AvgIpc) is 2.16. The molecule has 0 bridgehead atoms. The van der Waals surface area contributed by atoms with Crippen LogP contribution in [0.25, 0.3) is 0 Å². The monoisotopic (exact) mass is 179 g/mol. The van der Waals surface area contributed by atoms with Crippen molar-refractivity contribution in [3.8, 4) is 11.8 Å². The second-order valence-electron chi connectivity index (χ2n) is 2.11. The van der Waals surface area contributed by atoms with E-state index in [2.05, 4.69) is 4.98 Å². The second-order valence-corrected chi connectivity index (χ2v) is 2.11. The molecule has 0 aromatic carbocycles. The molecular formula is C7H5N3O3. The number of nitrogens with zero attached hydrogens (tertiary/aromatic N) is 3. The van der Waals surface area contributed by atoms with Crippen LogP contribution in [-0.2, 0) is 0 Å². The van der Waals surface area contributed by atoms with Gasteiger partial charge in [-0.05, 0) is 0 Å². The number of nitro groups is 1. The third-order valence-corrected chi connectivity index (χ3v) is 1.41. The minimum Gasteiger partial charge on any atom is -0.489 e. The van der Waals surface area contributed by atoms with Gasteiger partial charge in [0.15, 0.2) is 5.56 Å². The number of pyridine rings is 1. The van der Waals surface area contributed by atoms with Crippen LogP contribution < -0.4 is 4.74 Å². The highest BCUT2D eigenvalue weighted by molar-refractivity contribution is 5.55. The van der Waals surface area contributed by atoms with Gasteiger partial charge in [0, 0.05) is 0 Å². The summed E-state index contributed by atoms with van der Waals surface area (Å²) in [6.45, 7) is 0. The molecule has 0 N–H and O–H groups in total. The zero-order valence-electron chi connectivity index (χ0n) is 6.72. The van der Waals surface area contributed by atoms with Gasteiger partial charge in [0.05, 0.1) is 24.4 Å². The van der Waals surface area contributed by atoms with Crippen LogP contribution in [0.2, 0.25) is 0 Å². The number of aromatic nitrogens is 1. The first-order valence-corrected chi connectivity index (χ1v) is 3.27. The zero-order valence-corrected chi connectivity index (χ0v) is 6.72. The standard InChI is InChI=1S/C7H5N3O3/c1-13-6-4-9-3-5(2-8)7(6)10(11)12/h3-4H,1H3. The summed E-state index contributed by atoms with van der Waals surface area (Å²) in [5.74, 6) is -0.0101. The van der Waals surface area contributed by atoms with Crippen molar-refractivity contribution in [2.45, 2.75) is 0 Å². The van der Waals surface area contributed by atoms with E-state index in [1.807, 2.05) is 0 Å². The van der Waals surface area contributed by atoms with Gasteiger partial charge < -0.3 is 4.74 Å². The minimum absolute atomic E-state index is 0.0101. The van der Waals surface area contributed by atoms with Crippen LogP contribution in [-0.4, -0.2) is 17.0 Å². The van der Waals surface area contributed by atoms with Crippen LogP contribution in [0.15, 0.2) is 12.4 Å². The summed E-state index contributed by atoms with van der Waals surface area (Å²) in [5, 5.41) is 19.0. The number of ether oxygens (including phenoxy) is 1. The van der Waals surface area contributed by atoms with Crippen LogP contribution in [0.3, 0.4) is 0 Å². The lowest BCUT2D eigenvalue weighted by atomic mass is 10.2. The third kappa shape index (κ3) is 1.54. The molecule has 0 aliphatic heterocycles. The number of hydrogen-bond donors (Lipinski definition) is 0. The van der Waals surface area contributed by atoms with E-state index in [0.29, 0.717) is 0 Å². The maximum Gasteiger partial charge on any atom is 0.331 e. The lowest BCUT2D eigenvalue weighted by molar-refractivity contribution is -0.386. The summed E-state index contributed by atoms with van der Waals surface area (Å²) in [6.07, 6.45) is 2.32. The Morgan fingerprint density at radius 3 is 2.85 bits per heavy atom. The first-order valence-electron chi connectivity index (χ1n) is 3.27. The van der Waals surface area contributed by atoms with E-state index >= 15 is 0 Å². The zero-order chi connectivity index (χ0) is 9.84. The Morgan fingerprint density at radius 2 is 2.38 bits per heavy atom. The van der Waals surface area contributed by atoms with Gasteiger partial charge in [-0.1, -0.05) is 0 Å². The van der Waals surface area contributed by atoms with Gasteiger partial charge in [0.2, 0.25) is 5.75 Å². The second kappa shape index (κ2) is 3.49. The molecule has 0 amide bonds. The van der Waals surface area contributed by atoms with Gasteiger partial charge >= 0.3 is 5.69 Å². The number of rotatable bonds is 2. The van der Waals surface area contributed by atoms with Crippen molar-refractivity contribution in [3.63, 3.8) is 0 Å². The van der Waals surface area contributed by atoms with Crippen molar-refractivity contribution in [2.75, 3.05) is 7.11 Å². The Hall–Kier alpha value is -2.16. The molecule has 0 aliphatic rings. The molecule has 0 aliphatic carbocycles. The molecule has 1 aromatic rings. The van der Waals surface area contributed by atoms with Crippen LogP contribution in [0.5, 0.6) is 5.75 Å². The Balaban J connectivity index is 3.41. The number of nitriles is 1. The highest BCUT2D eigenvalue weighted by Crippen LogP contribution is 2.28. The van der Waals surface area contributed by atoms with Crippen molar-refractivity contribution in [1.82, 2.24) is 4.98 Å². The maximum absolute atomic E-state index is 10.5. The van der Waals surface area contributed by atoms with Crippen LogP contribution in [0.1, 0.15) is 5.56 Å². The summed E-state index contributed by atoms with van der Waals surface area (Å²) in [7, 11) is 1.28. The van der Waals surface area contributed by atoms with Crippen molar-refractivity contribution in [1.29, 1.82) is 5.26 Å². The normalized spacial score (nSPS) is 8.92. The van der Waals surface area contributed by atoms with Crippen LogP contribution in [0, 0.1) is 21.4 Å². The van der Waals surface area contributed by atoms with E-state index < -0.39 is 4.92 Å². The average molecular weight is 179 g/mol. The molecule has 66 valence electrons. The highest BCUT2D eigenvalue weighted by atomic mass is 16.6. The molecule has 1 heterocycles. The van der Waals surface area contributed by atoms with Crippen molar-refractivity contribution < 1.29 is 9.66 Å². The summed E-state index contributed by atoms with van der Waals surface area (Å²) < 4.78 is 4.69. The summed E-state index contributed by atoms with van der Waals surface area (Å²) in [4.78, 5) is 13.5. The van der Waals surface area contributed by atoms with Gasteiger partial charge in [-0.3, -0.25) is 15.1 Å². The molecule has 0 radical (unpaired) electrons. The molecule has 6 heteroatoms. The molecule has 0 saturated carbocycles. The molecule has 13 heavy (non-hydrogen) atoms. The van der Waals surface area contributed by atoms with Gasteiger partial charge in [-0.25, -0.2) is 0 Å². The number of hydrogen-bond acceptors (Lipinski definition) is 5. The maximum atomic E-state index is 10.5. The topological polar surface area (TPSA) is 89.0 Å². The highest BCUT2D eigenvalue weighted by Gasteiger charge is 2.20. The summed E-state index contributed by atoms with van der Waals surface area (Å²) >= 11 is 0. The fraction of sp³-hybridized carbons (Fsp3) is 0.143. The molecule has 0 fully saturated rings. The van der Waals surface area contributed by atoms with Crippen LogP contribution in [0.4, 0.5) is 5.69 Å². The predicted molar refractivity (Wildman–Crippen MR) is 42.2 cm³/mol. The molecular weight excluding hydrogens is 174 g/mol. The first-order chi connectivity index (χ1) is 6.20. The molecule has 1 rings (SSSR count). The summed E-state index contributed by atoms with van der Waals surface area (Å²) in [5.41, 5.74) is -0.454. The van der Waals surface area contributed by atoms with E-state index in [-0.39, 0.29) is 17.0 Å². The van der Waals surface area contributed by atoms with E-state index in [1.165, 1.54) is 13.3 Å². The number of methoxy groups -OCH3 is 1. The van der Waals surface area contributed by atoms with Gasteiger partial charge in [-0.2, -0.15) is 5.26 Å².